The van der Waals surface area contributed by atoms with E-state index in [1.54, 1.807) is 24.3 Å². The van der Waals surface area contributed by atoms with E-state index in [2.05, 4.69) is 11.4 Å². The molecule has 0 aliphatic carbocycles. The average Bonchev–Trinajstić information content (AvgIpc) is 2.45. The van der Waals surface area contributed by atoms with Gasteiger partial charge in [0.15, 0.2) is 0 Å². The first-order chi connectivity index (χ1) is 9.76. The molecule has 1 rings (SSSR count). The number of amides is 1. The van der Waals surface area contributed by atoms with Crippen LogP contribution in [-0.4, -0.2) is 23.0 Å². The summed E-state index contributed by atoms with van der Waals surface area (Å²) in [6.07, 6.45) is -0.0649. The number of nitriles is 1. The summed E-state index contributed by atoms with van der Waals surface area (Å²) in [4.78, 5) is 22.2. The number of carboxylic acid groups (broad SMARTS) is 1. The van der Waals surface area contributed by atoms with Gasteiger partial charge >= 0.3 is 5.97 Å². The lowest BCUT2D eigenvalue weighted by atomic mass is 9.86. The molecule has 0 aromatic heterocycles. The molecule has 0 radical (unpaired) electrons. The number of benzene rings is 1. The van der Waals surface area contributed by atoms with Gasteiger partial charge in [-0.05, 0) is 38.0 Å². The number of nitrogens with one attached hydrogen (secondary N) is 1. The van der Waals surface area contributed by atoms with E-state index in [0.29, 0.717) is 5.69 Å². The molecule has 0 heterocycles. The van der Waals surface area contributed by atoms with Crippen molar-refractivity contribution < 1.29 is 14.7 Å². The van der Waals surface area contributed by atoms with Crippen LogP contribution in [-0.2, 0) is 15.0 Å². The third-order valence-electron chi connectivity index (χ3n) is 3.16. The number of carbonyl (C=O) groups is 2. The topological polar surface area (TPSA) is 116 Å². The zero-order valence-corrected chi connectivity index (χ0v) is 12.1. The number of rotatable bonds is 6. The molecule has 1 aromatic carbocycles. The summed E-state index contributed by atoms with van der Waals surface area (Å²) in [7, 11) is 0. The lowest BCUT2D eigenvalue weighted by Crippen LogP contribution is -2.36. The van der Waals surface area contributed by atoms with Crippen LogP contribution in [0.3, 0.4) is 0 Å². The average molecular weight is 289 g/mol. The third kappa shape index (κ3) is 4.89. The van der Waals surface area contributed by atoms with Crippen LogP contribution >= 0.6 is 0 Å². The Kier molecular flexibility index (Phi) is 5.44. The highest BCUT2D eigenvalue weighted by molar-refractivity contribution is 5.94. The van der Waals surface area contributed by atoms with Gasteiger partial charge in [-0.2, -0.15) is 5.26 Å². The minimum absolute atomic E-state index is 0.0840. The first kappa shape index (κ1) is 16.7. The maximum atomic E-state index is 11.8. The predicted octanol–water partition coefficient (Wildman–Crippen LogP) is 1.62. The van der Waals surface area contributed by atoms with Crippen molar-refractivity contribution in [2.45, 2.75) is 38.1 Å². The summed E-state index contributed by atoms with van der Waals surface area (Å²) in [5, 5.41) is 20.2. The number of carboxylic acids is 1. The van der Waals surface area contributed by atoms with Crippen molar-refractivity contribution in [1.82, 2.24) is 0 Å². The Labute approximate surface area is 123 Å². The number of anilines is 1. The molecule has 1 atom stereocenters. The van der Waals surface area contributed by atoms with Crippen LogP contribution in [0.25, 0.3) is 0 Å². The smallest absolute Gasteiger partial charge is 0.303 e. The lowest BCUT2D eigenvalue weighted by Gasteiger charge is -2.16. The van der Waals surface area contributed by atoms with Gasteiger partial charge in [0.25, 0.3) is 0 Å². The van der Waals surface area contributed by atoms with Crippen LogP contribution in [0.1, 0.15) is 32.3 Å². The highest BCUT2D eigenvalue weighted by Gasteiger charge is 2.20. The van der Waals surface area contributed by atoms with Crippen molar-refractivity contribution >= 4 is 17.6 Å². The van der Waals surface area contributed by atoms with Crippen LogP contribution < -0.4 is 11.1 Å². The second-order valence-electron chi connectivity index (χ2n) is 5.34. The molecule has 1 aromatic rings. The van der Waals surface area contributed by atoms with Gasteiger partial charge in [-0.25, -0.2) is 0 Å². The summed E-state index contributed by atoms with van der Waals surface area (Å²) < 4.78 is 0. The highest BCUT2D eigenvalue weighted by atomic mass is 16.4. The first-order valence-corrected chi connectivity index (χ1v) is 6.56. The van der Waals surface area contributed by atoms with E-state index >= 15 is 0 Å². The summed E-state index contributed by atoms with van der Waals surface area (Å²) in [5.74, 6) is -1.41. The highest BCUT2D eigenvalue weighted by Crippen LogP contribution is 2.23. The van der Waals surface area contributed by atoms with Crippen LogP contribution in [0.15, 0.2) is 24.3 Å². The minimum Gasteiger partial charge on any atom is -0.481 e. The van der Waals surface area contributed by atoms with Crippen molar-refractivity contribution in [3.63, 3.8) is 0 Å². The Hall–Kier alpha value is -2.39. The Bertz CT molecular complexity index is 559. The molecule has 4 N–H and O–H groups in total. The van der Waals surface area contributed by atoms with Crippen molar-refractivity contribution in [2.24, 2.45) is 5.73 Å². The van der Waals surface area contributed by atoms with E-state index in [4.69, 9.17) is 16.1 Å². The molecular weight excluding hydrogens is 270 g/mol. The largest absolute Gasteiger partial charge is 0.481 e. The van der Waals surface area contributed by atoms with Crippen molar-refractivity contribution in [3.8, 4) is 6.07 Å². The molecule has 0 saturated carbocycles. The molecule has 0 saturated heterocycles. The van der Waals surface area contributed by atoms with Gasteiger partial charge in [0.05, 0.1) is 17.5 Å². The monoisotopic (exact) mass is 289 g/mol. The van der Waals surface area contributed by atoms with Gasteiger partial charge in [0.2, 0.25) is 5.91 Å². The van der Waals surface area contributed by atoms with Crippen LogP contribution in [0.2, 0.25) is 0 Å². The fourth-order valence-electron chi connectivity index (χ4n) is 1.68. The van der Waals surface area contributed by atoms with Gasteiger partial charge < -0.3 is 16.2 Å². The molecule has 0 fully saturated rings. The van der Waals surface area contributed by atoms with Gasteiger partial charge in [-0.3, -0.25) is 9.59 Å². The molecule has 0 bridgehead atoms. The summed E-state index contributed by atoms with van der Waals surface area (Å²) in [5.41, 5.74) is 6.42. The molecule has 6 heteroatoms. The predicted molar refractivity (Wildman–Crippen MR) is 78.6 cm³/mol. The number of carbonyl (C=O) groups excluding carboxylic acids is 1. The fourth-order valence-corrected chi connectivity index (χ4v) is 1.68. The number of nitrogens with zero attached hydrogens (tertiary/aromatic N) is 1. The van der Waals surface area contributed by atoms with Gasteiger partial charge in [0, 0.05) is 12.1 Å². The van der Waals surface area contributed by atoms with Crippen LogP contribution in [0.5, 0.6) is 0 Å². The van der Waals surface area contributed by atoms with E-state index < -0.39 is 23.3 Å². The van der Waals surface area contributed by atoms with Gasteiger partial charge in [0.1, 0.15) is 0 Å². The maximum absolute atomic E-state index is 11.8. The quantitative estimate of drug-likeness (QED) is 0.735. The normalized spacial score (nSPS) is 12.3. The Morgan fingerprint density at radius 3 is 2.43 bits per heavy atom. The third-order valence-corrected chi connectivity index (χ3v) is 3.16. The fraction of sp³-hybridized carbons (Fsp3) is 0.400. The SMILES string of the molecule is CC(C)(C#N)c1ccc(NC(=O)C(N)CCC(=O)O)cc1. The Balaban J connectivity index is 2.66. The van der Waals surface area contributed by atoms with Crippen molar-refractivity contribution in [1.29, 1.82) is 5.26 Å². The van der Waals surface area contributed by atoms with E-state index in [0.717, 1.165) is 5.56 Å². The molecule has 0 aliphatic heterocycles. The van der Waals surface area contributed by atoms with Crippen LogP contribution in [0.4, 0.5) is 5.69 Å². The molecular formula is C15H19N3O3. The number of nitrogens with two attached hydrogens (primary N) is 1. The summed E-state index contributed by atoms with van der Waals surface area (Å²) in [6.45, 7) is 3.62. The van der Waals surface area contributed by atoms with Crippen molar-refractivity contribution in [2.75, 3.05) is 5.32 Å². The second kappa shape index (κ2) is 6.86. The Morgan fingerprint density at radius 2 is 1.95 bits per heavy atom. The number of hydrogen-bond donors (Lipinski definition) is 3. The van der Waals surface area contributed by atoms with E-state index in [1.165, 1.54) is 0 Å². The van der Waals surface area contributed by atoms with E-state index in [9.17, 15) is 9.59 Å². The lowest BCUT2D eigenvalue weighted by molar-refractivity contribution is -0.137. The molecule has 21 heavy (non-hydrogen) atoms. The molecule has 112 valence electrons. The number of aliphatic carboxylic acids is 1. The summed E-state index contributed by atoms with van der Waals surface area (Å²) in [6, 6.07) is 8.25. The van der Waals surface area contributed by atoms with Crippen molar-refractivity contribution in [3.05, 3.63) is 29.8 Å². The number of hydrogen-bond acceptors (Lipinski definition) is 4. The van der Waals surface area contributed by atoms with E-state index in [-0.39, 0.29) is 12.8 Å². The first-order valence-electron chi connectivity index (χ1n) is 6.56. The zero-order valence-electron chi connectivity index (χ0n) is 12.1. The molecule has 6 nitrogen and oxygen atoms in total. The van der Waals surface area contributed by atoms with Gasteiger partial charge in [-0.1, -0.05) is 12.1 Å². The minimum atomic E-state index is -0.985. The maximum Gasteiger partial charge on any atom is 0.303 e. The molecule has 0 aliphatic rings. The second-order valence-corrected chi connectivity index (χ2v) is 5.34. The standard InChI is InChI=1S/C15H19N3O3/c1-15(2,9-16)10-3-5-11(6-4-10)18-14(21)12(17)7-8-13(19)20/h3-6,12H,7-8,17H2,1-2H3,(H,18,21)(H,19,20). The molecule has 1 amide bonds. The van der Waals surface area contributed by atoms with Gasteiger partial charge in [-0.15, -0.1) is 0 Å². The Morgan fingerprint density at radius 1 is 1.38 bits per heavy atom. The zero-order chi connectivity index (χ0) is 16.0. The van der Waals surface area contributed by atoms with Crippen LogP contribution in [0, 0.1) is 11.3 Å². The molecule has 1 unspecified atom stereocenters. The summed E-state index contributed by atoms with van der Waals surface area (Å²) >= 11 is 0. The van der Waals surface area contributed by atoms with E-state index in [1.807, 2.05) is 13.8 Å². The molecule has 0 spiro atoms.